The first kappa shape index (κ1) is 14.9. The molecule has 1 heterocycles. The molecule has 0 saturated heterocycles. The quantitative estimate of drug-likeness (QED) is 0.864. The zero-order valence-electron chi connectivity index (χ0n) is 11.3. The molecule has 0 spiro atoms. The molecule has 0 atom stereocenters. The van der Waals surface area contributed by atoms with Crippen LogP contribution in [0.5, 0.6) is 0 Å². The fourth-order valence-electron chi connectivity index (χ4n) is 1.76. The van der Waals surface area contributed by atoms with Crippen molar-refractivity contribution in [3.8, 4) is 5.69 Å². The fraction of sp³-hybridized carbons (Fsp3) is 0.231. The van der Waals surface area contributed by atoms with Crippen molar-refractivity contribution < 1.29 is 18.0 Å². The molecular weight excluding hydrogens is 285 g/mol. The van der Waals surface area contributed by atoms with Crippen molar-refractivity contribution in [3.05, 3.63) is 41.7 Å². The fourth-order valence-corrected chi connectivity index (χ4v) is 1.76. The van der Waals surface area contributed by atoms with Gasteiger partial charge in [-0.3, -0.25) is 4.79 Å². The summed E-state index contributed by atoms with van der Waals surface area (Å²) in [6.45, 7) is 0. The number of carbonyl (C=O) groups excluding carboxylic acids is 1. The second kappa shape index (κ2) is 5.12. The number of nitrogens with zero attached hydrogens (tertiary/aromatic N) is 3. The van der Waals surface area contributed by atoms with Crippen LogP contribution in [0.1, 0.15) is 16.1 Å². The van der Waals surface area contributed by atoms with Crippen molar-refractivity contribution >= 4 is 11.6 Å². The molecule has 0 saturated carbocycles. The number of nitrogens with two attached hydrogens (primary N) is 1. The third-order valence-electron chi connectivity index (χ3n) is 2.81. The first-order chi connectivity index (χ1) is 9.70. The summed E-state index contributed by atoms with van der Waals surface area (Å²) in [5.74, 6) is -0.246. The van der Waals surface area contributed by atoms with Crippen molar-refractivity contribution in [1.82, 2.24) is 14.7 Å². The van der Waals surface area contributed by atoms with Gasteiger partial charge in [0.05, 0.1) is 11.4 Å². The molecule has 0 unspecified atom stereocenters. The average molecular weight is 298 g/mol. The predicted octanol–water partition coefficient (Wildman–Crippen LogP) is 2.18. The Hall–Kier alpha value is -2.51. The maximum atomic E-state index is 12.5. The second-order valence-electron chi connectivity index (χ2n) is 4.62. The summed E-state index contributed by atoms with van der Waals surface area (Å²) in [6.07, 6.45) is -3.34. The first-order valence-electron chi connectivity index (χ1n) is 5.94. The maximum Gasteiger partial charge on any atom is 0.435 e. The van der Waals surface area contributed by atoms with Crippen LogP contribution in [0.2, 0.25) is 0 Å². The Labute approximate surface area is 118 Å². The minimum atomic E-state index is -4.51. The summed E-state index contributed by atoms with van der Waals surface area (Å²) < 4.78 is 38.6. The molecule has 5 nitrogen and oxygen atoms in total. The summed E-state index contributed by atoms with van der Waals surface area (Å²) in [6, 6.07) is 5.22. The Morgan fingerprint density at radius 1 is 1.29 bits per heavy atom. The Bertz CT molecular complexity index is 676. The smallest absolute Gasteiger partial charge is 0.397 e. The molecule has 1 aromatic heterocycles. The highest BCUT2D eigenvalue weighted by atomic mass is 19.4. The summed E-state index contributed by atoms with van der Waals surface area (Å²) in [4.78, 5) is 13.2. The monoisotopic (exact) mass is 298 g/mol. The average Bonchev–Trinajstić information content (AvgIpc) is 2.86. The van der Waals surface area contributed by atoms with E-state index in [9.17, 15) is 18.0 Å². The molecule has 1 aromatic carbocycles. The number of hydrogen-bond acceptors (Lipinski definition) is 3. The number of hydrogen-bond donors (Lipinski definition) is 1. The number of halogens is 3. The van der Waals surface area contributed by atoms with Gasteiger partial charge in [-0.1, -0.05) is 0 Å². The van der Waals surface area contributed by atoms with Gasteiger partial charge < -0.3 is 10.6 Å². The molecule has 0 aliphatic heterocycles. The van der Waals surface area contributed by atoms with Crippen molar-refractivity contribution in [2.24, 2.45) is 0 Å². The highest BCUT2D eigenvalue weighted by Gasteiger charge is 2.33. The van der Waals surface area contributed by atoms with Crippen molar-refractivity contribution in [1.29, 1.82) is 0 Å². The minimum Gasteiger partial charge on any atom is -0.397 e. The third kappa shape index (κ3) is 2.99. The van der Waals surface area contributed by atoms with Crippen LogP contribution in [0.15, 0.2) is 30.5 Å². The SMILES string of the molecule is CN(C)C(=O)c1ccc(-n2ccc(C(F)(F)F)n2)c(N)c1. The Kier molecular flexibility index (Phi) is 3.63. The van der Waals surface area contributed by atoms with Crippen LogP contribution in [-0.2, 0) is 6.18 Å². The zero-order valence-corrected chi connectivity index (χ0v) is 11.3. The largest absolute Gasteiger partial charge is 0.435 e. The van der Waals surface area contributed by atoms with Crippen LogP contribution in [0.25, 0.3) is 5.69 Å². The number of anilines is 1. The summed E-state index contributed by atoms with van der Waals surface area (Å²) in [5, 5.41) is 3.44. The lowest BCUT2D eigenvalue weighted by molar-refractivity contribution is -0.141. The van der Waals surface area contributed by atoms with E-state index in [0.29, 0.717) is 5.56 Å². The molecule has 8 heteroatoms. The van der Waals surface area contributed by atoms with Gasteiger partial charge in [-0.25, -0.2) is 4.68 Å². The molecule has 0 fully saturated rings. The van der Waals surface area contributed by atoms with E-state index in [1.807, 2.05) is 0 Å². The summed E-state index contributed by atoms with van der Waals surface area (Å²) in [5.41, 5.74) is 5.59. The van der Waals surface area contributed by atoms with Crippen LogP contribution >= 0.6 is 0 Å². The molecule has 0 bridgehead atoms. The molecule has 112 valence electrons. The Balaban J connectivity index is 2.38. The van der Waals surface area contributed by atoms with Gasteiger partial charge in [-0.05, 0) is 24.3 Å². The van der Waals surface area contributed by atoms with E-state index in [4.69, 9.17) is 5.73 Å². The van der Waals surface area contributed by atoms with E-state index >= 15 is 0 Å². The predicted molar refractivity (Wildman–Crippen MR) is 71.0 cm³/mol. The van der Waals surface area contributed by atoms with Gasteiger partial charge >= 0.3 is 6.18 Å². The lowest BCUT2D eigenvalue weighted by Crippen LogP contribution is -2.21. The molecule has 0 radical (unpaired) electrons. The topological polar surface area (TPSA) is 64.2 Å². The summed E-state index contributed by atoms with van der Waals surface area (Å²) in [7, 11) is 3.19. The normalized spacial score (nSPS) is 11.5. The lowest BCUT2D eigenvalue weighted by atomic mass is 10.1. The Morgan fingerprint density at radius 3 is 2.43 bits per heavy atom. The lowest BCUT2D eigenvalue weighted by Gasteiger charge is -2.12. The van der Waals surface area contributed by atoms with Gasteiger partial charge in [0.25, 0.3) is 5.91 Å². The highest BCUT2D eigenvalue weighted by molar-refractivity contribution is 5.95. The second-order valence-corrected chi connectivity index (χ2v) is 4.62. The number of benzene rings is 1. The van der Waals surface area contributed by atoms with E-state index in [0.717, 1.165) is 10.7 Å². The van der Waals surface area contributed by atoms with E-state index < -0.39 is 11.9 Å². The molecule has 21 heavy (non-hydrogen) atoms. The molecule has 1 amide bonds. The van der Waals surface area contributed by atoms with E-state index in [-0.39, 0.29) is 17.3 Å². The van der Waals surface area contributed by atoms with Gasteiger partial charge in [0.2, 0.25) is 0 Å². The van der Waals surface area contributed by atoms with Crippen LogP contribution in [0, 0.1) is 0 Å². The van der Waals surface area contributed by atoms with E-state index in [1.165, 1.54) is 29.3 Å². The van der Waals surface area contributed by atoms with Gasteiger partial charge in [-0.2, -0.15) is 18.3 Å². The highest BCUT2D eigenvalue weighted by Crippen LogP contribution is 2.28. The third-order valence-corrected chi connectivity index (χ3v) is 2.81. The number of carbonyl (C=O) groups is 1. The summed E-state index contributed by atoms with van der Waals surface area (Å²) >= 11 is 0. The molecule has 0 aliphatic rings. The zero-order chi connectivity index (χ0) is 15.8. The van der Waals surface area contributed by atoms with Crippen LogP contribution in [-0.4, -0.2) is 34.7 Å². The van der Waals surface area contributed by atoms with Gasteiger partial charge in [-0.15, -0.1) is 0 Å². The molecule has 2 rings (SSSR count). The molecule has 2 aromatic rings. The van der Waals surface area contributed by atoms with Crippen molar-refractivity contribution in [2.75, 3.05) is 19.8 Å². The van der Waals surface area contributed by atoms with Gasteiger partial charge in [0, 0.05) is 25.9 Å². The minimum absolute atomic E-state index is 0.166. The molecular formula is C13H13F3N4O. The Morgan fingerprint density at radius 2 is 1.95 bits per heavy atom. The number of amides is 1. The van der Waals surface area contributed by atoms with Crippen molar-refractivity contribution in [3.63, 3.8) is 0 Å². The number of rotatable bonds is 2. The number of aromatic nitrogens is 2. The van der Waals surface area contributed by atoms with E-state index in [2.05, 4.69) is 5.10 Å². The van der Waals surface area contributed by atoms with Crippen molar-refractivity contribution in [2.45, 2.75) is 6.18 Å². The van der Waals surface area contributed by atoms with Crippen LogP contribution in [0.4, 0.5) is 18.9 Å². The maximum absolute atomic E-state index is 12.5. The molecule has 0 aliphatic carbocycles. The molecule has 2 N–H and O–H groups in total. The standard InChI is InChI=1S/C13H13F3N4O/c1-19(2)12(21)8-3-4-10(9(17)7-8)20-6-5-11(18-20)13(14,15)16/h3-7H,17H2,1-2H3. The van der Waals surface area contributed by atoms with Gasteiger partial charge in [0.1, 0.15) is 0 Å². The van der Waals surface area contributed by atoms with Crippen LogP contribution in [0.3, 0.4) is 0 Å². The van der Waals surface area contributed by atoms with E-state index in [1.54, 1.807) is 14.1 Å². The van der Waals surface area contributed by atoms with Crippen LogP contribution < -0.4 is 5.73 Å². The number of alkyl halides is 3. The number of nitrogen functional groups attached to an aromatic ring is 1. The first-order valence-corrected chi connectivity index (χ1v) is 5.94. The van der Waals surface area contributed by atoms with Gasteiger partial charge in [0.15, 0.2) is 5.69 Å².